The lowest BCUT2D eigenvalue weighted by Gasteiger charge is -2.28. The number of rotatable bonds is 6. The van der Waals surface area contributed by atoms with Crippen molar-refractivity contribution in [3.63, 3.8) is 0 Å². The molecule has 2 rings (SSSR count). The van der Waals surface area contributed by atoms with Crippen molar-refractivity contribution >= 4 is 23.2 Å². The van der Waals surface area contributed by atoms with E-state index in [9.17, 15) is 4.79 Å². The van der Waals surface area contributed by atoms with Gasteiger partial charge in [0.1, 0.15) is 0 Å². The number of nitrogens with zero attached hydrogens (tertiary/aromatic N) is 1. The topological polar surface area (TPSA) is 65.5 Å². The first-order chi connectivity index (χ1) is 11.2. The van der Waals surface area contributed by atoms with Crippen LogP contribution < -0.4 is 16.0 Å². The zero-order chi connectivity index (χ0) is 16.5. The van der Waals surface area contributed by atoms with Gasteiger partial charge < -0.3 is 16.0 Å². The summed E-state index contributed by atoms with van der Waals surface area (Å²) in [6.45, 7) is 3.79. The Labute approximate surface area is 143 Å². The second kappa shape index (κ2) is 9.55. The smallest absolute Gasteiger partial charge is 0.261 e. The quantitative estimate of drug-likeness (QED) is 0.425. The molecule has 0 unspecified atom stereocenters. The Hall–Kier alpha value is -1.56. The van der Waals surface area contributed by atoms with E-state index in [1.165, 1.54) is 37.0 Å². The second-order valence-electron chi connectivity index (χ2n) is 6.19. The van der Waals surface area contributed by atoms with Crippen LogP contribution in [0.2, 0.25) is 0 Å². The number of carbonyl (C=O) groups is 1. The molecule has 1 aromatic heterocycles. The number of guanidine groups is 1. The summed E-state index contributed by atoms with van der Waals surface area (Å²) in [4.78, 5) is 16.8. The average molecular weight is 337 g/mol. The number of hydrogen-bond acceptors (Lipinski definition) is 3. The van der Waals surface area contributed by atoms with Crippen molar-refractivity contribution in [2.24, 2.45) is 10.9 Å². The van der Waals surface area contributed by atoms with Crippen LogP contribution >= 0.6 is 11.3 Å². The molecule has 3 N–H and O–H groups in total. The van der Waals surface area contributed by atoms with Crippen LogP contribution in [0.15, 0.2) is 22.5 Å². The van der Waals surface area contributed by atoms with Gasteiger partial charge in [0.05, 0.1) is 4.88 Å². The van der Waals surface area contributed by atoms with Crippen molar-refractivity contribution in [3.05, 3.63) is 22.4 Å². The summed E-state index contributed by atoms with van der Waals surface area (Å²) in [7, 11) is 1.80. The van der Waals surface area contributed by atoms with Gasteiger partial charge in [0.2, 0.25) is 0 Å². The maximum Gasteiger partial charge on any atom is 0.261 e. The first-order valence-corrected chi connectivity index (χ1v) is 9.36. The molecule has 0 bridgehead atoms. The van der Waals surface area contributed by atoms with Gasteiger partial charge in [-0.3, -0.25) is 9.79 Å². The van der Waals surface area contributed by atoms with Crippen LogP contribution in [0.5, 0.6) is 0 Å². The van der Waals surface area contributed by atoms with Gasteiger partial charge in [-0.05, 0) is 49.5 Å². The summed E-state index contributed by atoms with van der Waals surface area (Å²) >= 11 is 1.47. The fourth-order valence-electron chi connectivity index (χ4n) is 2.78. The lowest BCUT2D eigenvalue weighted by atomic mass is 9.87. The Morgan fingerprint density at radius 3 is 2.65 bits per heavy atom. The molecular formula is C17H28N4OS. The van der Waals surface area contributed by atoms with Crippen LogP contribution in [-0.4, -0.2) is 38.0 Å². The summed E-state index contributed by atoms with van der Waals surface area (Å²) in [5.74, 6) is 1.74. The van der Waals surface area contributed by atoms with E-state index in [1.54, 1.807) is 7.05 Å². The van der Waals surface area contributed by atoms with Gasteiger partial charge in [0.15, 0.2) is 5.96 Å². The highest BCUT2D eigenvalue weighted by Gasteiger charge is 2.18. The molecule has 1 heterocycles. The normalized spacial score (nSPS) is 21.7. The Morgan fingerprint density at radius 1 is 1.26 bits per heavy atom. The van der Waals surface area contributed by atoms with Crippen LogP contribution in [-0.2, 0) is 0 Å². The summed E-state index contributed by atoms with van der Waals surface area (Å²) in [6, 6.07) is 4.27. The highest BCUT2D eigenvalue weighted by molar-refractivity contribution is 7.12. The fourth-order valence-corrected chi connectivity index (χ4v) is 3.42. The van der Waals surface area contributed by atoms with E-state index in [1.807, 2.05) is 17.5 Å². The van der Waals surface area contributed by atoms with Crippen molar-refractivity contribution in [2.45, 2.75) is 45.1 Å². The summed E-state index contributed by atoms with van der Waals surface area (Å²) < 4.78 is 0. The predicted molar refractivity (Wildman–Crippen MR) is 97.2 cm³/mol. The van der Waals surface area contributed by atoms with Crippen LogP contribution in [0.25, 0.3) is 0 Å². The van der Waals surface area contributed by atoms with E-state index in [2.05, 4.69) is 27.9 Å². The molecule has 1 aromatic rings. The number of nitrogens with one attached hydrogen (secondary N) is 3. The molecule has 0 aromatic carbocycles. The van der Waals surface area contributed by atoms with E-state index >= 15 is 0 Å². The Balaban J connectivity index is 1.58. The lowest BCUT2D eigenvalue weighted by Crippen LogP contribution is -2.45. The lowest BCUT2D eigenvalue weighted by molar-refractivity contribution is 0.0957. The molecule has 0 atom stereocenters. The van der Waals surface area contributed by atoms with E-state index in [0.29, 0.717) is 12.6 Å². The van der Waals surface area contributed by atoms with Gasteiger partial charge in [0.25, 0.3) is 5.91 Å². The third-order valence-corrected chi connectivity index (χ3v) is 5.13. The number of aliphatic imine (C=N–C) groups is 1. The molecular weight excluding hydrogens is 308 g/mol. The van der Waals surface area contributed by atoms with Crippen LogP contribution in [0.3, 0.4) is 0 Å². The average Bonchev–Trinajstić information content (AvgIpc) is 3.09. The summed E-state index contributed by atoms with van der Waals surface area (Å²) in [5.41, 5.74) is 0. The molecule has 6 heteroatoms. The summed E-state index contributed by atoms with van der Waals surface area (Å²) in [6.07, 6.45) is 5.91. The minimum atomic E-state index is 0.0128. The van der Waals surface area contributed by atoms with Crippen molar-refractivity contribution in [1.29, 1.82) is 0 Å². The molecule has 5 nitrogen and oxygen atoms in total. The number of thiophene rings is 1. The molecule has 0 saturated heterocycles. The van der Waals surface area contributed by atoms with Gasteiger partial charge in [-0.2, -0.15) is 0 Å². The van der Waals surface area contributed by atoms with Crippen LogP contribution in [0, 0.1) is 5.92 Å². The van der Waals surface area contributed by atoms with Crippen molar-refractivity contribution in [3.8, 4) is 0 Å². The maximum atomic E-state index is 11.8. The number of amides is 1. The maximum absolute atomic E-state index is 11.8. The third-order valence-electron chi connectivity index (χ3n) is 4.26. The van der Waals surface area contributed by atoms with Crippen LogP contribution in [0.4, 0.5) is 0 Å². The van der Waals surface area contributed by atoms with Gasteiger partial charge in [-0.25, -0.2) is 0 Å². The second-order valence-corrected chi connectivity index (χ2v) is 7.13. The molecule has 128 valence electrons. The fraction of sp³-hybridized carbons (Fsp3) is 0.647. The van der Waals surface area contributed by atoms with Crippen molar-refractivity contribution in [1.82, 2.24) is 16.0 Å². The van der Waals surface area contributed by atoms with Crippen molar-refractivity contribution < 1.29 is 4.79 Å². The van der Waals surface area contributed by atoms with Gasteiger partial charge >= 0.3 is 0 Å². The zero-order valence-corrected chi connectivity index (χ0v) is 14.9. The monoisotopic (exact) mass is 336 g/mol. The van der Waals surface area contributed by atoms with Gasteiger partial charge in [0, 0.05) is 26.2 Å². The molecule has 1 amide bonds. The Morgan fingerprint density at radius 2 is 2.00 bits per heavy atom. The van der Waals surface area contributed by atoms with Gasteiger partial charge in [-0.15, -0.1) is 11.3 Å². The molecule has 0 spiro atoms. The zero-order valence-electron chi connectivity index (χ0n) is 14.1. The number of hydrogen-bond donors (Lipinski definition) is 3. The minimum Gasteiger partial charge on any atom is -0.356 e. The molecule has 1 fully saturated rings. The standard InChI is InChI=1S/C17H28N4OS/c1-13-6-8-14(9-7-13)21-17(18-2)20-11-4-10-19-16(22)15-5-3-12-23-15/h3,5,12-14H,4,6-11H2,1-2H3,(H,19,22)(H2,18,20,21). The summed E-state index contributed by atoms with van der Waals surface area (Å²) in [5, 5.41) is 11.7. The van der Waals surface area contributed by atoms with E-state index < -0.39 is 0 Å². The number of carbonyl (C=O) groups excluding carboxylic acids is 1. The first-order valence-electron chi connectivity index (χ1n) is 8.48. The predicted octanol–water partition coefficient (Wildman–Crippen LogP) is 2.61. The molecule has 1 saturated carbocycles. The van der Waals surface area contributed by atoms with E-state index in [-0.39, 0.29) is 5.91 Å². The molecule has 23 heavy (non-hydrogen) atoms. The largest absolute Gasteiger partial charge is 0.356 e. The van der Waals surface area contributed by atoms with Crippen LogP contribution in [0.1, 0.15) is 48.7 Å². The molecule has 0 aliphatic heterocycles. The molecule has 1 aliphatic rings. The highest BCUT2D eigenvalue weighted by Crippen LogP contribution is 2.23. The minimum absolute atomic E-state index is 0.0128. The van der Waals surface area contributed by atoms with Gasteiger partial charge in [-0.1, -0.05) is 13.0 Å². The van der Waals surface area contributed by atoms with E-state index in [4.69, 9.17) is 0 Å². The third kappa shape index (κ3) is 6.22. The SMILES string of the molecule is CN=C(NCCCNC(=O)c1cccs1)NC1CCC(C)CC1. The Kier molecular flexibility index (Phi) is 7.39. The van der Waals surface area contributed by atoms with Crippen molar-refractivity contribution in [2.75, 3.05) is 20.1 Å². The Bertz CT molecular complexity index is 493. The molecule has 1 aliphatic carbocycles. The van der Waals surface area contributed by atoms with E-state index in [0.717, 1.165) is 29.7 Å². The first kappa shape index (κ1) is 17.8. The highest BCUT2D eigenvalue weighted by atomic mass is 32.1. The molecule has 0 radical (unpaired) electrons.